The zero-order valence-corrected chi connectivity index (χ0v) is 9.20. The van der Waals surface area contributed by atoms with E-state index in [1.165, 1.54) is 12.8 Å². The second-order valence-electron chi connectivity index (χ2n) is 3.68. The highest BCUT2D eigenvalue weighted by Gasteiger charge is 2.09. The highest BCUT2D eigenvalue weighted by molar-refractivity contribution is 5.98. The van der Waals surface area contributed by atoms with Crippen molar-refractivity contribution in [3.63, 3.8) is 0 Å². The van der Waals surface area contributed by atoms with E-state index in [4.69, 9.17) is 5.73 Å². The van der Waals surface area contributed by atoms with E-state index >= 15 is 0 Å². The molecule has 0 aliphatic carbocycles. The van der Waals surface area contributed by atoms with Gasteiger partial charge in [-0.2, -0.15) is 0 Å². The number of nitrogens with two attached hydrogens (primary N) is 1. The van der Waals surface area contributed by atoms with Crippen molar-refractivity contribution in [3.05, 3.63) is 24.0 Å². The molecule has 0 unspecified atom stereocenters. The first-order valence-corrected chi connectivity index (χ1v) is 5.49. The number of pyridine rings is 1. The van der Waals surface area contributed by atoms with Crippen LogP contribution in [0.4, 0.5) is 5.69 Å². The number of carbonyl (C=O) groups is 1. The van der Waals surface area contributed by atoms with Crippen LogP contribution >= 0.6 is 0 Å². The van der Waals surface area contributed by atoms with Crippen molar-refractivity contribution >= 4 is 11.5 Å². The fourth-order valence-electron chi connectivity index (χ4n) is 1.48. The van der Waals surface area contributed by atoms with Gasteiger partial charge >= 0.3 is 0 Å². The number of hydrogen-bond donors (Lipinski definition) is 1. The molecule has 15 heavy (non-hydrogen) atoms. The van der Waals surface area contributed by atoms with Crippen LogP contribution in [-0.4, -0.2) is 10.8 Å². The highest BCUT2D eigenvalue weighted by Crippen LogP contribution is 2.12. The predicted octanol–water partition coefficient (Wildman–Crippen LogP) is 2.82. The maximum absolute atomic E-state index is 11.7. The molecule has 3 heteroatoms. The molecule has 0 amide bonds. The van der Waals surface area contributed by atoms with Crippen LogP contribution in [0.5, 0.6) is 0 Å². The number of aromatic nitrogens is 1. The lowest BCUT2D eigenvalue weighted by molar-refractivity contribution is 0.0975. The van der Waals surface area contributed by atoms with Gasteiger partial charge in [0.05, 0.1) is 5.69 Å². The number of Topliss-reactive ketones (excluding diaryl/α,β-unsaturated/α-hetero) is 1. The molecule has 3 nitrogen and oxygen atoms in total. The number of hydrogen-bond acceptors (Lipinski definition) is 3. The van der Waals surface area contributed by atoms with E-state index in [1.807, 2.05) is 0 Å². The molecule has 0 bridgehead atoms. The summed E-state index contributed by atoms with van der Waals surface area (Å²) in [6.07, 6.45) is 6.57. The molecule has 0 aliphatic rings. The Balaban J connectivity index is 2.44. The molecule has 0 spiro atoms. The number of nitrogen functional groups attached to an aromatic ring is 1. The summed E-state index contributed by atoms with van der Waals surface area (Å²) < 4.78 is 0. The monoisotopic (exact) mass is 206 g/mol. The summed E-state index contributed by atoms with van der Waals surface area (Å²) >= 11 is 0. The van der Waals surface area contributed by atoms with E-state index in [2.05, 4.69) is 11.9 Å². The van der Waals surface area contributed by atoms with Crippen LogP contribution in [-0.2, 0) is 0 Å². The Labute approximate surface area is 90.7 Å². The zero-order valence-electron chi connectivity index (χ0n) is 9.20. The second-order valence-corrected chi connectivity index (χ2v) is 3.68. The summed E-state index contributed by atoms with van der Waals surface area (Å²) in [4.78, 5) is 15.7. The Hall–Kier alpha value is -1.38. The van der Waals surface area contributed by atoms with Gasteiger partial charge in [0.15, 0.2) is 5.78 Å². The summed E-state index contributed by atoms with van der Waals surface area (Å²) in [5.74, 6) is 0.0594. The number of nitrogens with zero attached hydrogens (tertiary/aromatic N) is 1. The van der Waals surface area contributed by atoms with E-state index in [0.717, 1.165) is 12.8 Å². The van der Waals surface area contributed by atoms with Gasteiger partial charge in [-0.05, 0) is 18.6 Å². The van der Waals surface area contributed by atoms with Gasteiger partial charge < -0.3 is 5.73 Å². The molecule has 82 valence electrons. The number of rotatable bonds is 6. The lowest BCUT2D eigenvalue weighted by atomic mass is 10.1. The van der Waals surface area contributed by atoms with Gasteiger partial charge in [-0.1, -0.05) is 26.2 Å². The first-order valence-electron chi connectivity index (χ1n) is 5.49. The van der Waals surface area contributed by atoms with Crippen molar-refractivity contribution in [1.29, 1.82) is 0 Å². The van der Waals surface area contributed by atoms with E-state index in [-0.39, 0.29) is 5.78 Å². The fourth-order valence-corrected chi connectivity index (χ4v) is 1.48. The molecular formula is C12H18N2O. The van der Waals surface area contributed by atoms with Crippen LogP contribution in [0, 0.1) is 0 Å². The van der Waals surface area contributed by atoms with Gasteiger partial charge in [0, 0.05) is 12.6 Å². The van der Waals surface area contributed by atoms with Crippen LogP contribution in [0.25, 0.3) is 0 Å². The van der Waals surface area contributed by atoms with Crippen LogP contribution < -0.4 is 5.73 Å². The number of ketones is 1. The van der Waals surface area contributed by atoms with Crippen molar-refractivity contribution in [2.24, 2.45) is 0 Å². The molecule has 1 aromatic rings. The first kappa shape index (κ1) is 11.7. The number of unbranched alkanes of at least 4 members (excludes halogenated alkanes) is 3. The standard InChI is InChI=1S/C12H18N2O/c1-2-3-4-5-8-11(15)12-10(13)7-6-9-14-12/h6-7,9H,2-5,8,13H2,1H3. The Morgan fingerprint density at radius 1 is 1.40 bits per heavy atom. The summed E-state index contributed by atoms with van der Waals surface area (Å²) in [6, 6.07) is 3.45. The molecule has 0 fully saturated rings. The van der Waals surface area contributed by atoms with Crippen LogP contribution in [0.2, 0.25) is 0 Å². The lowest BCUT2D eigenvalue weighted by Crippen LogP contribution is -2.06. The summed E-state index contributed by atoms with van der Waals surface area (Å²) in [5, 5.41) is 0. The maximum Gasteiger partial charge on any atom is 0.183 e. The van der Waals surface area contributed by atoms with Crippen LogP contribution in [0.15, 0.2) is 18.3 Å². The van der Waals surface area contributed by atoms with Crippen LogP contribution in [0.3, 0.4) is 0 Å². The first-order chi connectivity index (χ1) is 7.25. The maximum atomic E-state index is 11.7. The minimum absolute atomic E-state index is 0.0594. The van der Waals surface area contributed by atoms with Crippen molar-refractivity contribution in [2.45, 2.75) is 39.0 Å². The minimum atomic E-state index is 0.0594. The molecule has 0 aromatic carbocycles. The number of anilines is 1. The summed E-state index contributed by atoms with van der Waals surface area (Å²) in [7, 11) is 0. The van der Waals surface area contributed by atoms with Crippen molar-refractivity contribution in [2.75, 3.05) is 5.73 Å². The van der Waals surface area contributed by atoms with Gasteiger partial charge in [0.1, 0.15) is 5.69 Å². The van der Waals surface area contributed by atoms with Crippen molar-refractivity contribution < 1.29 is 4.79 Å². The molecular weight excluding hydrogens is 188 g/mol. The Morgan fingerprint density at radius 2 is 2.20 bits per heavy atom. The van der Waals surface area contributed by atoms with Gasteiger partial charge in [0.25, 0.3) is 0 Å². The lowest BCUT2D eigenvalue weighted by Gasteiger charge is -2.02. The van der Waals surface area contributed by atoms with Crippen molar-refractivity contribution in [1.82, 2.24) is 4.98 Å². The molecule has 0 saturated heterocycles. The Bertz CT molecular complexity index is 323. The average Bonchev–Trinajstić information content (AvgIpc) is 2.25. The third-order valence-corrected chi connectivity index (χ3v) is 2.36. The second kappa shape index (κ2) is 6.17. The van der Waals surface area contributed by atoms with E-state index in [1.54, 1.807) is 18.3 Å². The van der Waals surface area contributed by atoms with E-state index in [9.17, 15) is 4.79 Å². The number of carbonyl (C=O) groups excluding carboxylic acids is 1. The summed E-state index contributed by atoms with van der Waals surface area (Å²) in [6.45, 7) is 2.15. The van der Waals surface area contributed by atoms with E-state index < -0.39 is 0 Å². The zero-order chi connectivity index (χ0) is 11.1. The molecule has 0 saturated carbocycles. The normalized spacial score (nSPS) is 10.2. The van der Waals surface area contributed by atoms with Crippen molar-refractivity contribution in [3.8, 4) is 0 Å². The Kier molecular flexibility index (Phi) is 4.81. The third-order valence-electron chi connectivity index (χ3n) is 2.36. The highest BCUT2D eigenvalue weighted by atomic mass is 16.1. The summed E-state index contributed by atoms with van der Waals surface area (Å²) in [5.41, 5.74) is 6.58. The largest absolute Gasteiger partial charge is 0.397 e. The topological polar surface area (TPSA) is 56.0 Å². The smallest absolute Gasteiger partial charge is 0.183 e. The van der Waals surface area contributed by atoms with E-state index in [0.29, 0.717) is 17.8 Å². The Morgan fingerprint density at radius 3 is 2.87 bits per heavy atom. The molecule has 1 aromatic heterocycles. The molecule has 0 atom stereocenters. The van der Waals surface area contributed by atoms with Gasteiger partial charge in [-0.25, -0.2) is 0 Å². The predicted molar refractivity (Wildman–Crippen MR) is 61.7 cm³/mol. The average molecular weight is 206 g/mol. The van der Waals surface area contributed by atoms with Crippen LogP contribution in [0.1, 0.15) is 49.5 Å². The fraction of sp³-hybridized carbons (Fsp3) is 0.500. The molecule has 1 rings (SSSR count). The van der Waals surface area contributed by atoms with Gasteiger partial charge in [0.2, 0.25) is 0 Å². The molecule has 0 aliphatic heterocycles. The minimum Gasteiger partial charge on any atom is -0.397 e. The molecule has 2 N–H and O–H groups in total. The molecule has 1 heterocycles. The SMILES string of the molecule is CCCCCCC(=O)c1ncccc1N. The third kappa shape index (κ3) is 3.70. The molecule has 0 radical (unpaired) electrons. The van der Waals surface area contributed by atoms with Gasteiger partial charge in [-0.3, -0.25) is 9.78 Å². The quantitative estimate of drug-likeness (QED) is 0.575. The van der Waals surface area contributed by atoms with Gasteiger partial charge in [-0.15, -0.1) is 0 Å².